The minimum Gasteiger partial charge on any atom is -0.496 e. The van der Waals surface area contributed by atoms with Gasteiger partial charge in [0.1, 0.15) is 23.2 Å². The van der Waals surface area contributed by atoms with E-state index >= 15 is 0 Å². The third-order valence-electron chi connectivity index (χ3n) is 4.28. The number of ether oxygens (including phenoxy) is 1. The number of nitrogens with one attached hydrogen (secondary N) is 2. The van der Waals surface area contributed by atoms with E-state index in [9.17, 15) is 0 Å². The average Bonchev–Trinajstić information content (AvgIpc) is 2.70. The van der Waals surface area contributed by atoms with Crippen molar-refractivity contribution in [3.05, 3.63) is 77.6 Å². The van der Waals surface area contributed by atoms with Crippen LogP contribution in [0.5, 0.6) is 5.75 Å². The predicted molar refractivity (Wildman–Crippen MR) is 110 cm³/mol. The summed E-state index contributed by atoms with van der Waals surface area (Å²) >= 11 is 0. The number of methoxy groups -OCH3 is 1. The van der Waals surface area contributed by atoms with Crippen molar-refractivity contribution in [3.63, 3.8) is 0 Å². The number of hydrogen-bond donors (Lipinski definition) is 2. The summed E-state index contributed by atoms with van der Waals surface area (Å²) in [6.07, 6.45) is 2.11. The van der Waals surface area contributed by atoms with E-state index in [2.05, 4.69) is 44.9 Å². The fourth-order valence-corrected chi connectivity index (χ4v) is 2.94. The SMILES string of the molecule is COc1ccccc1CNc1cc(NCCCc2ccccc2)nc(C)n1. The number of hydrogen-bond acceptors (Lipinski definition) is 5. The molecule has 5 nitrogen and oxygen atoms in total. The molecule has 0 aliphatic rings. The van der Waals surface area contributed by atoms with E-state index in [0.717, 1.165) is 48.2 Å². The third kappa shape index (κ3) is 5.71. The van der Waals surface area contributed by atoms with Crippen molar-refractivity contribution in [3.8, 4) is 5.75 Å². The summed E-state index contributed by atoms with van der Waals surface area (Å²) in [4.78, 5) is 8.96. The Morgan fingerprint density at radius 3 is 2.37 bits per heavy atom. The molecule has 0 unspecified atom stereocenters. The van der Waals surface area contributed by atoms with Gasteiger partial charge in [-0.1, -0.05) is 48.5 Å². The summed E-state index contributed by atoms with van der Waals surface area (Å²) in [5.74, 6) is 3.26. The number of para-hydroxylation sites is 1. The van der Waals surface area contributed by atoms with E-state index in [4.69, 9.17) is 4.74 Å². The lowest BCUT2D eigenvalue weighted by atomic mass is 10.1. The molecule has 2 aromatic carbocycles. The minimum absolute atomic E-state index is 0.647. The molecule has 5 heteroatoms. The first kappa shape index (κ1) is 18.7. The molecule has 2 N–H and O–H groups in total. The Kier molecular flexibility index (Phi) is 6.63. The van der Waals surface area contributed by atoms with E-state index in [-0.39, 0.29) is 0 Å². The van der Waals surface area contributed by atoms with Gasteiger partial charge in [0.2, 0.25) is 0 Å². The molecule has 140 valence electrons. The quantitative estimate of drug-likeness (QED) is 0.551. The second-order valence-corrected chi connectivity index (χ2v) is 6.37. The highest BCUT2D eigenvalue weighted by atomic mass is 16.5. The van der Waals surface area contributed by atoms with Crippen LogP contribution in [-0.2, 0) is 13.0 Å². The minimum atomic E-state index is 0.647. The predicted octanol–water partition coefficient (Wildman–Crippen LogP) is 4.45. The Balaban J connectivity index is 1.54. The highest BCUT2D eigenvalue weighted by Crippen LogP contribution is 2.19. The monoisotopic (exact) mass is 362 g/mol. The topological polar surface area (TPSA) is 59.1 Å². The van der Waals surface area contributed by atoms with Crippen LogP contribution in [0.25, 0.3) is 0 Å². The first-order valence-electron chi connectivity index (χ1n) is 9.24. The number of rotatable bonds is 9. The Hall–Kier alpha value is -3.08. The summed E-state index contributed by atoms with van der Waals surface area (Å²) in [6.45, 7) is 3.43. The largest absolute Gasteiger partial charge is 0.496 e. The first-order chi connectivity index (χ1) is 13.2. The molecular formula is C22H26N4O. The van der Waals surface area contributed by atoms with Crippen LogP contribution in [0.3, 0.4) is 0 Å². The van der Waals surface area contributed by atoms with E-state index < -0.39 is 0 Å². The molecule has 27 heavy (non-hydrogen) atoms. The van der Waals surface area contributed by atoms with E-state index in [1.54, 1.807) is 7.11 Å². The lowest BCUT2D eigenvalue weighted by Crippen LogP contribution is -2.09. The number of aryl methyl sites for hydroxylation is 2. The maximum atomic E-state index is 5.40. The molecule has 0 atom stereocenters. The molecule has 0 radical (unpaired) electrons. The Bertz CT molecular complexity index is 852. The van der Waals surface area contributed by atoms with Gasteiger partial charge in [-0.3, -0.25) is 0 Å². The maximum Gasteiger partial charge on any atom is 0.132 e. The maximum absolute atomic E-state index is 5.40. The molecule has 1 aromatic heterocycles. The van der Waals surface area contributed by atoms with Gasteiger partial charge < -0.3 is 15.4 Å². The first-order valence-corrected chi connectivity index (χ1v) is 9.24. The number of benzene rings is 2. The fourth-order valence-electron chi connectivity index (χ4n) is 2.94. The molecule has 3 aromatic rings. The van der Waals surface area contributed by atoms with Gasteiger partial charge in [0, 0.05) is 24.7 Å². The van der Waals surface area contributed by atoms with Gasteiger partial charge in [0.05, 0.1) is 7.11 Å². The van der Waals surface area contributed by atoms with Crippen molar-refractivity contribution < 1.29 is 4.74 Å². The Labute approximate surface area is 160 Å². The number of anilines is 2. The molecule has 0 bridgehead atoms. The van der Waals surface area contributed by atoms with Crippen molar-refractivity contribution in [2.24, 2.45) is 0 Å². The average molecular weight is 362 g/mol. The van der Waals surface area contributed by atoms with Crippen LogP contribution in [0.4, 0.5) is 11.6 Å². The van der Waals surface area contributed by atoms with Gasteiger partial charge in [-0.05, 0) is 31.4 Å². The van der Waals surface area contributed by atoms with Crippen molar-refractivity contribution in [1.82, 2.24) is 9.97 Å². The molecule has 0 aliphatic heterocycles. The summed E-state index contributed by atoms with van der Waals surface area (Å²) in [5.41, 5.74) is 2.45. The molecule has 3 rings (SSSR count). The number of nitrogens with zero attached hydrogens (tertiary/aromatic N) is 2. The van der Waals surface area contributed by atoms with Crippen molar-refractivity contribution in [2.75, 3.05) is 24.3 Å². The van der Waals surface area contributed by atoms with Crippen LogP contribution >= 0.6 is 0 Å². The number of aromatic nitrogens is 2. The standard InChI is InChI=1S/C22H26N4O/c1-17-25-21(23-14-8-11-18-9-4-3-5-10-18)15-22(26-17)24-16-19-12-6-7-13-20(19)27-2/h3-7,9-10,12-13,15H,8,11,14,16H2,1-2H3,(H2,23,24,25,26). The summed E-state index contributed by atoms with van der Waals surface area (Å²) in [6, 6.07) is 20.5. The van der Waals surface area contributed by atoms with Gasteiger partial charge in [-0.2, -0.15) is 0 Å². The Morgan fingerprint density at radius 1 is 0.889 bits per heavy atom. The lowest BCUT2D eigenvalue weighted by molar-refractivity contribution is 0.410. The highest BCUT2D eigenvalue weighted by molar-refractivity contribution is 5.48. The lowest BCUT2D eigenvalue weighted by Gasteiger charge is -2.12. The molecule has 0 saturated carbocycles. The zero-order valence-electron chi connectivity index (χ0n) is 15.9. The highest BCUT2D eigenvalue weighted by Gasteiger charge is 2.05. The van der Waals surface area contributed by atoms with E-state index in [1.807, 2.05) is 43.3 Å². The van der Waals surface area contributed by atoms with Crippen LogP contribution in [0, 0.1) is 6.92 Å². The molecule has 0 fully saturated rings. The normalized spacial score (nSPS) is 10.4. The van der Waals surface area contributed by atoms with Crippen molar-refractivity contribution in [1.29, 1.82) is 0 Å². The van der Waals surface area contributed by atoms with Crippen LogP contribution in [-0.4, -0.2) is 23.6 Å². The molecule has 0 aliphatic carbocycles. The zero-order valence-corrected chi connectivity index (χ0v) is 15.9. The molecule has 0 spiro atoms. The fraction of sp³-hybridized carbons (Fsp3) is 0.273. The second kappa shape index (κ2) is 9.57. The molecule has 1 heterocycles. The van der Waals surface area contributed by atoms with Crippen molar-refractivity contribution >= 4 is 11.6 Å². The van der Waals surface area contributed by atoms with Crippen LogP contribution in [0.2, 0.25) is 0 Å². The van der Waals surface area contributed by atoms with Crippen LogP contribution in [0.1, 0.15) is 23.4 Å². The summed E-state index contributed by atoms with van der Waals surface area (Å²) < 4.78 is 5.40. The van der Waals surface area contributed by atoms with Gasteiger partial charge in [-0.15, -0.1) is 0 Å². The summed E-state index contributed by atoms with van der Waals surface area (Å²) in [7, 11) is 1.69. The van der Waals surface area contributed by atoms with E-state index in [1.165, 1.54) is 5.56 Å². The van der Waals surface area contributed by atoms with Gasteiger partial charge in [0.15, 0.2) is 0 Å². The summed E-state index contributed by atoms with van der Waals surface area (Å²) in [5, 5.41) is 6.76. The van der Waals surface area contributed by atoms with Gasteiger partial charge >= 0.3 is 0 Å². The molecule has 0 saturated heterocycles. The third-order valence-corrected chi connectivity index (χ3v) is 4.28. The van der Waals surface area contributed by atoms with E-state index in [0.29, 0.717) is 6.54 Å². The zero-order chi connectivity index (χ0) is 18.9. The van der Waals surface area contributed by atoms with Crippen LogP contribution < -0.4 is 15.4 Å². The second-order valence-electron chi connectivity index (χ2n) is 6.37. The molecule has 0 amide bonds. The Morgan fingerprint density at radius 2 is 1.59 bits per heavy atom. The smallest absolute Gasteiger partial charge is 0.132 e. The van der Waals surface area contributed by atoms with Gasteiger partial charge in [0.25, 0.3) is 0 Å². The van der Waals surface area contributed by atoms with Crippen LogP contribution in [0.15, 0.2) is 60.7 Å². The van der Waals surface area contributed by atoms with Crippen molar-refractivity contribution in [2.45, 2.75) is 26.3 Å². The molecular weight excluding hydrogens is 336 g/mol. The van der Waals surface area contributed by atoms with Gasteiger partial charge in [-0.25, -0.2) is 9.97 Å².